The van der Waals surface area contributed by atoms with Crippen molar-refractivity contribution in [1.29, 1.82) is 0 Å². The van der Waals surface area contributed by atoms with Gasteiger partial charge in [-0.2, -0.15) is 0 Å². The molecular formula is C13H9Cl4NS. The summed E-state index contributed by atoms with van der Waals surface area (Å²) in [5.74, 6) is 0. The number of nitrogens with one attached hydrogen (secondary N) is 1. The Balaban J connectivity index is 1.91. The number of hydrogen-bond acceptors (Lipinski definition) is 2. The van der Waals surface area contributed by atoms with Crippen molar-refractivity contribution in [3.8, 4) is 0 Å². The molecule has 1 heterocycles. The van der Waals surface area contributed by atoms with Crippen molar-refractivity contribution in [3.63, 3.8) is 0 Å². The predicted octanol–water partition coefficient (Wildman–Crippen LogP) is 6.46. The van der Waals surface area contributed by atoms with Crippen molar-refractivity contribution in [2.75, 3.05) is 5.32 Å². The van der Waals surface area contributed by atoms with Crippen LogP contribution in [-0.2, 0) is 6.42 Å². The largest absolute Gasteiger partial charge is 0.376 e. The predicted molar refractivity (Wildman–Crippen MR) is 85.5 cm³/mol. The molecule has 1 N–H and O–H groups in total. The van der Waals surface area contributed by atoms with Crippen LogP contribution in [0.15, 0.2) is 18.2 Å². The van der Waals surface area contributed by atoms with Crippen LogP contribution in [0.3, 0.4) is 0 Å². The zero-order valence-corrected chi connectivity index (χ0v) is 13.5. The van der Waals surface area contributed by atoms with Gasteiger partial charge in [0.05, 0.1) is 26.1 Å². The van der Waals surface area contributed by atoms with Crippen molar-refractivity contribution in [1.82, 2.24) is 0 Å². The Morgan fingerprint density at radius 1 is 1.05 bits per heavy atom. The van der Waals surface area contributed by atoms with Crippen LogP contribution in [0, 0.1) is 0 Å². The highest BCUT2D eigenvalue weighted by atomic mass is 35.5. The van der Waals surface area contributed by atoms with Crippen molar-refractivity contribution >= 4 is 63.4 Å². The van der Waals surface area contributed by atoms with Crippen LogP contribution in [0.2, 0.25) is 19.4 Å². The van der Waals surface area contributed by atoms with E-state index in [1.54, 1.807) is 23.5 Å². The molecule has 100 valence electrons. The van der Waals surface area contributed by atoms with E-state index in [0.29, 0.717) is 15.1 Å². The lowest BCUT2D eigenvalue weighted by molar-refractivity contribution is 0.762. The van der Waals surface area contributed by atoms with Crippen LogP contribution in [0.1, 0.15) is 22.9 Å². The smallest absolute Gasteiger partial charge is 0.0934 e. The Morgan fingerprint density at radius 3 is 2.42 bits per heavy atom. The lowest BCUT2D eigenvalue weighted by Gasteiger charge is -2.17. The third-order valence-electron chi connectivity index (χ3n) is 3.17. The van der Waals surface area contributed by atoms with E-state index in [9.17, 15) is 0 Å². The maximum Gasteiger partial charge on any atom is 0.0934 e. The SMILES string of the molecule is Clc1cc(Cl)c(NC2CCc3sc(Cl)cc32)c(Cl)c1. The molecule has 1 aromatic heterocycles. The second-order valence-electron chi connectivity index (χ2n) is 4.41. The monoisotopic (exact) mass is 351 g/mol. The zero-order chi connectivity index (χ0) is 13.6. The highest BCUT2D eigenvalue weighted by molar-refractivity contribution is 7.16. The number of halogens is 4. The molecule has 0 spiro atoms. The topological polar surface area (TPSA) is 12.0 Å². The summed E-state index contributed by atoms with van der Waals surface area (Å²) in [6, 6.07) is 5.60. The van der Waals surface area contributed by atoms with E-state index in [2.05, 4.69) is 5.32 Å². The maximum absolute atomic E-state index is 6.19. The Kier molecular flexibility index (Phi) is 3.89. The molecule has 1 unspecified atom stereocenters. The van der Waals surface area contributed by atoms with Gasteiger partial charge in [-0.05, 0) is 36.6 Å². The second kappa shape index (κ2) is 5.34. The van der Waals surface area contributed by atoms with E-state index < -0.39 is 0 Å². The van der Waals surface area contributed by atoms with Gasteiger partial charge in [-0.1, -0.05) is 46.4 Å². The third kappa shape index (κ3) is 2.70. The standard InChI is InChI=1S/C13H9Cl4NS/c14-6-3-8(15)13(9(16)4-6)18-10-1-2-11-7(10)5-12(17)19-11/h3-5,10,18H,1-2H2. The Labute approximate surface area is 135 Å². The first kappa shape index (κ1) is 13.8. The number of benzene rings is 1. The van der Waals surface area contributed by atoms with Crippen molar-refractivity contribution in [2.45, 2.75) is 18.9 Å². The third-order valence-corrected chi connectivity index (χ3v) is 5.33. The molecule has 0 fully saturated rings. The molecule has 0 aliphatic heterocycles. The lowest BCUT2D eigenvalue weighted by Crippen LogP contribution is -2.07. The Morgan fingerprint density at radius 2 is 1.74 bits per heavy atom. The summed E-state index contributed by atoms with van der Waals surface area (Å²) in [7, 11) is 0. The molecule has 2 aromatic rings. The Hall–Kier alpha value is -0.120. The van der Waals surface area contributed by atoms with E-state index in [4.69, 9.17) is 46.4 Å². The number of fused-ring (bicyclic) bond motifs is 1. The fraction of sp³-hybridized carbons (Fsp3) is 0.231. The summed E-state index contributed by atoms with van der Waals surface area (Å²) < 4.78 is 0.824. The Bertz CT molecular complexity index is 615. The molecule has 0 saturated heterocycles. The van der Waals surface area contributed by atoms with Gasteiger partial charge in [0, 0.05) is 9.90 Å². The molecule has 0 bridgehead atoms. The van der Waals surface area contributed by atoms with Gasteiger partial charge in [0.2, 0.25) is 0 Å². The number of hydrogen-bond donors (Lipinski definition) is 1. The van der Waals surface area contributed by atoms with E-state index in [0.717, 1.165) is 22.9 Å². The first-order chi connectivity index (χ1) is 9.04. The molecule has 1 atom stereocenters. The quantitative estimate of drug-likeness (QED) is 0.653. The minimum atomic E-state index is 0.204. The normalized spacial score (nSPS) is 17.6. The summed E-state index contributed by atoms with van der Waals surface area (Å²) in [6.07, 6.45) is 2.06. The highest BCUT2D eigenvalue weighted by Crippen LogP contribution is 2.43. The van der Waals surface area contributed by atoms with Gasteiger partial charge in [-0.15, -0.1) is 11.3 Å². The van der Waals surface area contributed by atoms with Crippen LogP contribution in [0.5, 0.6) is 0 Å². The molecule has 19 heavy (non-hydrogen) atoms. The fourth-order valence-corrected chi connectivity index (χ4v) is 4.62. The summed E-state index contributed by atoms with van der Waals surface area (Å²) >= 11 is 26.0. The summed E-state index contributed by atoms with van der Waals surface area (Å²) in [5, 5.41) is 5.00. The molecule has 3 rings (SSSR count). The molecule has 1 nitrogen and oxygen atoms in total. The zero-order valence-electron chi connectivity index (χ0n) is 9.64. The van der Waals surface area contributed by atoms with Gasteiger partial charge >= 0.3 is 0 Å². The van der Waals surface area contributed by atoms with Crippen LogP contribution in [0.4, 0.5) is 5.69 Å². The second-order valence-corrected chi connectivity index (χ2v) is 7.43. The van der Waals surface area contributed by atoms with Gasteiger partial charge in [0.15, 0.2) is 0 Å². The number of rotatable bonds is 2. The molecule has 0 saturated carbocycles. The van der Waals surface area contributed by atoms with Gasteiger partial charge in [-0.25, -0.2) is 0 Å². The first-order valence-corrected chi connectivity index (χ1v) is 8.06. The fourth-order valence-electron chi connectivity index (χ4n) is 2.33. The number of anilines is 1. The summed E-state index contributed by atoms with van der Waals surface area (Å²) in [5.41, 5.74) is 1.98. The van der Waals surface area contributed by atoms with E-state index in [1.807, 2.05) is 6.07 Å². The van der Waals surface area contributed by atoms with E-state index in [-0.39, 0.29) is 6.04 Å². The molecule has 1 aliphatic rings. The minimum absolute atomic E-state index is 0.204. The van der Waals surface area contributed by atoms with Crippen LogP contribution < -0.4 is 5.32 Å². The number of aryl methyl sites for hydroxylation is 1. The van der Waals surface area contributed by atoms with Crippen molar-refractivity contribution in [2.24, 2.45) is 0 Å². The molecule has 6 heteroatoms. The minimum Gasteiger partial charge on any atom is -0.376 e. The van der Waals surface area contributed by atoms with Crippen molar-refractivity contribution < 1.29 is 0 Å². The van der Waals surface area contributed by atoms with E-state index >= 15 is 0 Å². The molecule has 1 aliphatic carbocycles. The van der Waals surface area contributed by atoms with Gasteiger partial charge in [0.25, 0.3) is 0 Å². The maximum atomic E-state index is 6.19. The van der Waals surface area contributed by atoms with Crippen LogP contribution in [-0.4, -0.2) is 0 Å². The molecular weight excluding hydrogens is 344 g/mol. The van der Waals surface area contributed by atoms with Gasteiger partial charge in [0.1, 0.15) is 0 Å². The summed E-state index contributed by atoms with van der Waals surface area (Å²) in [4.78, 5) is 1.34. The summed E-state index contributed by atoms with van der Waals surface area (Å²) in [6.45, 7) is 0. The number of thiophene rings is 1. The molecule has 0 amide bonds. The first-order valence-electron chi connectivity index (χ1n) is 5.74. The van der Waals surface area contributed by atoms with Gasteiger partial charge < -0.3 is 5.32 Å². The molecule has 0 radical (unpaired) electrons. The average molecular weight is 353 g/mol. The van der Waals surface area contributed by atoms with Crippen LogP contribution >= 0.6 is 57.7 Å². The van der Waals surface area contributed by atoms with Gasteiger partial charge in [-0.3, -0.25) is 0 Å². The average Bonchev–Trinajstić information content (AvgIpc) is 2.83. The highest BCUT2D eigenvalue weighted by Gasteiger charge is 2.26. The van der Waals surface area contributed by atoms with Crippen LogP contribution in [0.25, 0.3) is 0 Å². The lowest BCUT2D eigenvalue weighted by atomic mass is 10.1. The van der Waals surface area contributed by atoms with Crippen molar-refractivity contribution in [3.05, 3.63) is 48.0 Å². The van der Waals surface area contributed by atoms with E-state index in [1.165, 1.54) is 10.4 Å². The molecule has 1 aromatic carbocycles.